The number of methoxy groups -OCH3 is 2. The van der Waals surface area contributed by atoms with E-state index in [-0.39, 0.29) is 11.3 Å². The molecule has 0 aromatic heterocycles. The van der Waals surface area contributed by atoms with Crippen molar-refractivity contribution >= 4 is 11.7 Å². The summed E-state index contributed by atoms with van der Waals surface area (Å²) in [4.78, 5) is 16.2. The third kappa shape index (κ3) is 4.55. The molecule has 2 N–H and O–H groups in total. The van der Waals surface area contributed by atoms with Crippen molar-refractivity contribution in [1.82, 2.24) is 4.90 Å². The van der Waals surface area contributed by atoms with E-state index in [2.05, 4.69) is 14.5 Å². The number of rotatable bonds is 6. The Labute approximate surface area is 164 Å². The summed E-state index contributed by atoms with van der Waals surface area (Å²) in [6.45, 7) is 3.84. The highest BCUT2D eigenvalue weighted by Gasteiger charge is 2.22. The van der Waals surface area contributed by atoms with Crippen molar-refractivity contribution in [3.63, 3.8) is 0 Å². The number of ether oxygens (including phenoxy) is 2. The van der Waals surface area contributed by atoms with E-state index < -0.39 is 12.1 Å². The van der Waals surface area contributed by atoms with Crippen LogP contribution in [0.1, 0.15) is 22.0 Å². The number of aliphatic hydroxyl groups is 1. The normalized spacial score (nSPS) is 15.9. The minimum Gasteiger partial charge on any atom is -0.507 e. The predicted molar refractivity (Wildman–Crippen MR) is 106 cm³/mol. The standard InChI is InChI=1S/C21H26N2O5/c1-27-17-6-4-16(5-7-17)23-11-9-22(10-12-23)14-20(25)15-3-8-19(24)18(13-15)21(26)28-2/h3-8,13,20,24-25H,9-12,14H2,1-2H3. The van der Waals surface area contributed by atoms with Gasteiger partial charge in [0.2, 0.25) is 0 Å². The number of phenolic OH excluding ortho intramolecular Hbond substituents is 1. The van der Waals surface area contributed by atoms with Crippen LogP contribution >= 0.6 is 0 Å². The van der Waals surface area contributed by atoms with Crippen LogP contribution in [0.2, 0.25) is 0 Å². The van der Waals surface area contributed by atoms with Crippen molar-refractivity contribution in [2.24, 2.45) is 0 Å². The highest BCUT2D eigenvalue weighted by atomic mass is 16.5. The number of hydrogen-bond acceptors (Lipinski definition) is 7. The molecule has 0 radical (unpaired) electrons. The Balaban J connectivity index is 1.57. The number of β-amino-alcohol motifs (C(OH)–C–C–N with tert-alkyl or cyclic N) is 1. The molecule has 0 bridgehead atoms. The summed E-state index contributed by atoms with van der Waals surface area (Å²) in [6.07, 6.45) is -0.753. The van der Waals surface area contributed by atoms with E-state index in [1.807, 2.05) is 24.3 Å². The molecule has 1 atom stereocenters. The second-order valence-corrected chi connectivity index (χ2v) is 6.77. The molecular formula is C21H26N2O5. The van der Waals surface area contributed by atoms with Gasteiger partial charge in [-0.15, -0.1) is 0 Å². The molecular weight excluding hydrogens is 360 g/mol. The van der Waals surface area contributed by atoms with Gasteiger partial charge in [-0.3, -0.25) is 4.90 Å². The Kier molecular flexibility index (Phi) is 6.38. The number of carbonyl (C=O) groups excluding carboxylic acids is 1. The van der Waals surface area contributed by atoms with Gasteiger partial charge in [0.05, 0.1) is 20.3 Å². The minimum atomic E-state index is -0.753. The van der Waals surface area contributed by atoms with Crippen LogP contribution in [0.3, 0.4) is 0 Å². The number of hydrogen-bond donors (Lipinski definition) is 2. The largest absolute Gasteiger partial charge is 0.507 e. The van der Waals surface area contributed by atoms with E-state index in [4.69, 9.17) is 4.74 Å². The number of nitrogens with zero attached hydrogens (tertiary/aromatic N) is 2. The summed E-state index contributed by atoms with van der Waals surface area (Å²) >= 11 is 0. The molecule has 1 heterocycles. The van der Waals surface area contributed by atoms with Gasteiger partial charge in [0.1, 0.15) is 17.1 Å². The zero-order valence-electron chi connectivity index (χ0n) is 16.2. The van der Waals surface area contributed by atoms with Gasteiger partial charge < -0.3 is 24.6 Å². The van der Waals surface area contributed by atoms with E-state index in [1.54, 1.807) is 13.2 Å². The van der Waals surface area contributed by atoms with Crippen LogP contribution in [0, 0.1) is 0 Å². The summed E-state index contributed by atoms with van der Waals surface area (Å²) in [6, 6.07) is 12.5. The molecule has 0 amide bonds. The van der Waals surface area contributed by atoms with Gasteiger partial charge in [-0.1, -0.05) is 6.07 Å². The number of anilines is 1. The molecule has 7 nitrogen and oxygen atoms in total. The molecule has 1 saturated heterocycles. The molecule has 1 fully saturated rings. The number of aliphatic hydroxyl groups excluding tert-OH is 1. The number of esters is 1. The molecule has 0 spiro atoms. The number of carbonyl (C=O) groups is 1. The zero-order chi connectivity index (χ0) is 20.1. The van der Waals surface area contributed by atoms with Crippen molar-refractivity contribution < 1.29 is 24.5 Å². The second-order valence-electron chi connectivity index (χ2n) is 6.77. The Morgan fingerprint density at radius 3 is 2.36 bits per heavy atom. The average molecular weight is 386 g/mol. The lowest BCUT2D eigenvalue weighted by atomic mass is 10.0. The maximum atomic E-state index is 11.7. The highest BCUT2D eigenvalue weighted by Crippen LogP contribution is 2.25. The quantitative estimate of drug-likeness (QED) is 0.735. The number of benzene rings is 2. The van der Waals surface area contributed by atoms with Crippen LogP contribution in [0.25, 0.3) is 0 Å². The first-order chi connectivity index (χ1) is 13.5. The second kappa shape index (κ2) is 8.95. The first-order valence-electron chi connectivity index (χ1n) is 9.22. The van der Waals surface area contributed by atoms with E-state index in [0.29, 0.717) is 12.1 Å². The molecule has 2 aromatic carbocycles. The third-order valence-corrected chi connectivity index (χ3v) is 5.05. The van der Waals surface area contributed by atoms with Crippen molar-refractivity contribution in [2.45, 2.75) is 6.10 Å². The molecule has 150 valence electrons. The lowest BCUT2D eigenvalue weighted by molar-refractivity contribution is 0.0596. The van der Waals surface area contributed by atoms with Gasteiger partial charge in [0, 0.05) is 38.4 Å². The smallest absolute Gasteiger partial charge is 0.341 e. The Morgan fingerprint density at radius 1 is 1.07 bits per heavy atom. The maximum absolute atomic E-state index is 11.7. The van der Waals surface area contributed by atoms with Crippen molar-refractivity contribution in [2.75, 3.05) is 51.8 Å². The van der Waals surface area contributed by atoms with Crippen LogP contribution in [0.4, 0.5) is 5.69 Å². The van der Waals surface area contributed by atoms with E-state index in [9.17, 15) is 15.0 Å². The molecule has 0 aliphatic carbocycles. The first-order valence-corrected chi connectivity index (χ1v) is 9.22. The van der Waals surface area contributed by atoms with E-state index >= 15 is 0 Å². The zero-order valence-corrected chi connectivity index (χ0v) is 16.2. The average Bonchev–Trinajstić information content (AvgIpc) is 2.74. The van der Waals surface area contributed by atoms with Crippen molar-refractivity contribution in [1.29, 1.82) is 0 Å². The summed E-state index contributed by atoms with van der Waals surface area (Å²) in [5.74, 6) is 0.0568. The summed E-state index contributed by atoms with van der Waals surface area (Å²) in [5, 5.41) is 20.4. The molecule has 28 heavy (non-hydrogen) atoms. The number of phenols is 1. The van der Waals surface area contributed by atoms with Crippen LogP contribution < -0.4 is 9.64 Å². The van der Waals surface area contributed by atoms with Gasteiger partial charge in [-0.25, -0.2) is 4.79 Å². The number of aromatic hydroxyl groups is 1. The Bertz CT molecular complexity index is 801. The van der Waals surface area contributed by atoms with Crippen LogP contribution in [-0.4, -0.2) is 68.0 Å². The fourth-order valence-corrected chi connectivity index (χ4v) is 3.37. The fraction of sp³-hybridized carbons (Fsp3) is 0.381. The molecule has 1 aliphatic rings. The van der Waals surface area contributed by atoms with Gasteiger partial charge in [-0.05, 0) is 42.0 Å². The van der Waals surface area contributed by atoms with E-state index in [1.165, 1.54) is 19.2 Å². The lowest BCUT2D eigenvalue weighted by Gasteiger charge is -2.37. The fourth-order valence-electron chi connectivity index (χ4n) is 3.37. The monoisotopic (exact) mass is 386 g/mol. The van der Waals surface area contributed by atoms with Crippen molar-refractivity contribution in [3.05, 3.63) is 53.6 Å². The predicted octanol–water partition coefficient (Wildman–Crippen LogP) is 2.04. The summed E-state index contributed by atoms with van der Waals surface area (Å²) < 4.78 is 9.86. The Morgan fingerprint density at radius 2 is 1.75 bits per heavy atom. The van der Waals surface area contributed by atoms with Gasteiger partial charge in [0.15, 0.2) is 0 Å². The lowest BCUT2D eigenvalue weighted by Crippen LogP contribution is -2.47. The molecule has 3 rings (SSSR count). The number of piperazine rings is 1. The summed E-state index contributed by atoms with van der Waals surface area (Å²) in [7, 11) is 2.91. The molecule has 7 heteroatoms. The van der Waals surface area contributed by atoms with Gasteiger partial charge >= 0.3 is 5.97 Å². The molecule has 1 aliphatic heterocycles. The van der Waals surface area contributed by atoms with Gasteiger partial charge in [-0.2, -0.15) is 0 Å². The van der Waals surface area contributed by atoms with E-state index in [0.717, 1.165) is 37.6 Å². The van der Waals surface area contributed by atoms with Crippen LogP contribution in [0.5, 0.6) is 11.5 Å². The highest BCUT2D eigenvalue weighted by molar-refractivity contribution is 5.92. The molecule has 0 saturated carbocycles. The topological polar surface area (TPSA) is 82.5 Å². The van der Waals surface area contributed by atoms with Crippen molar-refractivity contribution in [3.8, 4) is 11.5 Å². The maximum Gasteiger partial charge on any atom is 0.341 e. The Hall–Kier alpha value is -2.77. The summed E-state index contributed by atoms with van der Waals surface area (Å²) in [5.41, 5.74) is 1.79. The first kappa shape index (κ1) is 20.0. The minimum absolute atomic E-state index is 0.0587. The van der Waals surface area contributed by atoms with Crippen LogP contribution in [0.15, 0.2) is 42.5 Å². The third-order valence-electron chi connectivity index (χ3n) is 5.05. The van der Waals surface area contributed by atoms with Gasteiger partial charge in [0.25, 0.3) is 0 Å². The SMILES string of the molecule is COC(=O)c1cc(C(O)CN2CCN(c3ccc(OC)cc3)CC2)ccc1O. The molecule has 1 unspecified atom stereocenters. The van der Waals surface area contributed by atoms with Crippen LogP contribution in [-0.2, 0) is 4.74 Å². The molecule has 2 aromatic rings.